The Hall–Kier alpha value is -2.50. The van der Waals surface area contributed by atoms with Crippen LogP contribution in [0.15, 0.2) is 71.7 Å². The molecular formula is C19H15ClN2O2S. The van der Waals surface area contributed by atoms with E-state index in [4.69, 9.17) is 11.6 Å². The molecule has 0 aliphatic carbocycles. The topological polar surface area (TPSA) is 49.4 Å². The number of nitrogens with zero attached hydrogens (tertiary/aromatic N) is 1. The summed E-state index contributed by atoms with van der Waals surface area (Å²) in [6.07, 6.45) is 5.32. The van der Waals surface area contributed by atoms with Crippen LogP contribution in [0.5, 0.6) is 0 Å². The van der Waals surface area contributed by atoms with E-state index in [1.807, 2.05) is 48.5 Å². The first-order valence-corrected chi connectivity index (χ1v) is 8.80. The number of imide groups is 1. The number of allylic oxidation sites excluding steroid dienone is 2. The molecule has 0 radical (unpaired) electrons. The van der Waals surface area contributed by atoms with Gasteiger partial charge in [0.1, 0.15) is 0 Å². The number of thioether (sulfide) groups is 1. The highest BCUT2D eigenvalue weighted by atomic mass is 35.5. The van der Waals surface area contributed by atoms with E-state index in [2.05, 4.69) is 5.32 Å². The second-order valence-corrected chi connectivity index (χ2v) is 6.62. The monoisotopic (exact) mass is 370 g/mol. The molecule has 0 bridgehead atoms. The van der Waals surface area contributed by atoms with Gasteiger partial charge in [-0.3, -0.25) is 14.5 Å². The van der Waals surface area contributed by atoms with Crippen molar-refractivity contribution < 1.29 is 9.59 Å². The minimum absolute atomic E-state index is 0.0775. The molecule has 3 rings (SSSR count). The zero-order chi connectivity index (χ0) is 17.6. The third kappa shape index (κ3) is 4.32. The van der Waals surface area contributed by atoms with Crippen molar-refractivity contribution in [2.45, 2.75) is 0 Å². The largest absolute Gasteiger partial charge is 0.366 e. The van der Waals surface area contributed by atoms with Crippen molar-refractivity contribution in [1.29, 1.82) is 0 Å². The number of hydrogen-bond acceptors (Lipinski definition) is 4. The van der Waals surface area contributed by atoms with Crippen molar-refractivity contribution in [3.8, 4) is 0 Å². The summed E-state index contributed by atoms with van der Waals surface area (Å²) < 4.78 is 0. The Labute approximate surface area is 155 Å². The molecule has 1 fully saturated rings. The van der Waals surface area contributed by atoms with Crippen molar-refractivity contribution in [2.75, 3.05) is 12.0 Å². The number of anilines is 1. The number of rotatable bonds is 5. The van der Waals surface area contributed by atoms with Crippen LogP contribution in [0, 0.1) is 0 Å². The van der Waals surface area contributed by atoms with Gasteiger partial charge in [0.05, 0.1) is 22.3 Å². The van der Waals surface area contributed by atoms with Gasteiger partial charge in [0.25, 0.3) is 11.1 Å². The first kappa shape index (κ1) is 17.3. The van der Waals surface area contributed by atoms with E-state index in [-0.39, 0.29) is 17.8 Å². The molecule has 1 saturated heterocycles. The van der Waals surface area contributed by atoms with Crippen molar-refractivity contribution in [3.05, 3.63) is 82.2 Å². The van der Waals surface area contributed by atoms with Crippen molar-refractivity contribution in [3.63, 3.8) is 0 Å². The van der Waals surface area contributed by atoms with Crippen LogP contribution in [0.3, 0.4) is 0 Å². The van der Waals surface area contributed by atoms with Crippen LogP contribution in [0.4, 0.5) is 10.5 Å². The van der Waals surface area contributed by atoms with Gasteiger partial charge in [-0.1, -0.05) is 66.2 Å². The third-order valence-corrected chi connectivity index (χ3v) is 4.77. The number of benzene rings is 2. The quantitative estimate of drug-likeness (QED) is 0.752. The maximum Gasteiger partial charge on any atom is 0.295 e. The van der Waals surface area contributed by atoms with Gasteiger partial charge in [0.15, 0.2) is 0 Å². The van der Waals surface area contributed by atoms with Crippen LogP contribution in [-0.2, 0) is 4.79 Å². The number of carbonyl (C=O) groups excluding carboxylic acids is 2. The summed E-state index contributed by atoms with van der Waals surface area (Å²) in [6.45, 7) is 0.0775. The number of para-hydroxylation sites is 1. The van der Waals surface area contributed by atoms with E-state index < -0.39 is 0 Å². The second-order valence-electron chi connectivity index (χ2n) is 5.22. The summed E-state index contributed by atoms with van der Waals surface area (Å²) in [5.41, 5.74) is 1.70. The summed E-state index contributed by atoms with van der Waals surface area (Å²) in [5.74, 6) is -0.313. The Kier molecular flexibility index (Phi) is 5.58. The van der Waals surface area contributed by atoms with E-state index in [1.165, 1.54) is 0 Å². The summed E-state index contributed by atoms with van der Waals surface area (Å²) in [7, 11) is 0. The summed E-state index contributed by atoms with van der Waals surface area (Å²) in [6, 6.07) is 16.9. The zero-order valence-corrected chi connectivity index (χ0v) is 14.8. The highest BCUT2D eigenvalue weighted by molar-refractivity contribution is 8.18. The number of amides is 2. The Morgan fingerprint density at radius 1 is 1.04 bits per heavy atom. The molecular weight excluding hydrogens is 356 g/mol. The maximum atomic E-state index is 12.4. The van der Waals surface area contributed by atoms with E-state index in [9.17, 15) is 9.59 Å². The van der Waals surface area contributed by atoms with Crippen LogP contribution in [-0.4, -0.2) is 22.7 Å². The number of hydrogen-bond donors (Lipinski definition) is 1. The molecule has 2 aromatic carbocycles. The molecule has 0 aromatic heterocycles. The van der Waals surface area contributed by atoms with Gasteiger partial charge in [-0.2, -0.15) is 0 Å². The number of halogens is 1. The summed E-state index contributed by atoms with van der Waals surface area (Å²) >= 11 is 6.99. The fraction of sp³-hybridized carbons (Fsp3) is 0.0526. The van der Waals surface area contributed by atoms with Gasteiger partial charge < -0.3 is 5.32 Å². The maximum absolute atomic E-state index is 12.4. The SMILES string of the molecule is O=C1S/C(=C/C=C/c2ccccc2)C(=O)N1CNc1ccccc1Cl. The van der Waals surface area contributed by atoms with Gasteiger partial charge in [-0.05, 0) is 35.5 Å². The lowest BCUT2D eigenvalue weighted by molar-refractivity contribution is -0.122. The first-order chi connectivity index (χ1) is 12.1. The molecule has 0 atom stereocenters. The molecule has 0 saturated carbocycles. The molecule has 0 spiro atoms. The van der Waals surface area contributed by atoms with E-state index >= 15 is 0 Å². The van der Waals surface area contributed by atoms with Crippen LogP contribution in [0.1, 0.15) is 5.56 Å². The van der Waals surface area contributed by atoms with E-state index in [0.717, 1.165) is 22.2 Å². The Balaban J connectivity index is 1.65. The molecule has 1 N–H and O–H groups in total. The molecule has 2 aromatic rings. The van der Waals surface area contributed by atoms with Gasteiger partial charge in [-0.15, -0.1) is 0 Å². The van der Waals surface area contributed by atoms with Crippen LogP contribution >= 0.6 is 23.4 Å². The smallest absolute Gasteiger partial charge is 0.295 e. The van der Waals surface area contributed by atoms with Crippen LogP contribution in [0.2, 0.25) is 5.02 Å². The third-order valence-electron chi connectivity index (χ3n) is 3.51. The van der Waals surface area contributed by atoms with Gasteiger partial charge in [0, 0.05) is 0 Å². The standard InChI is InChI=1S/C19H15ClN2O2S/c20-15-10-4-5-11-16(15)21-13-22-18(23)17(25-19(22)24)12-6-9-14-7-2-1-3-8-14/h1-12,21H,13H2/b9-6+,17-12+. The Morgan fingerprint density at radius 3 is 2.52 bits per heavy atom. The second kappa shape index (κ2) is 8.05. The van der Waals surface area contributed by atoms with Gasteiger partial charge in [0.2, 0.25) is 0 Å². The first-order valence-electron chi connectivity index (χ1n) is 7.60. The molecule has 0 unspecified atom stereocenters. The molecule has 6 heteroatoms. The highest BCUT2D eigenvalue weighted by Gasteiger charge is 2.34. The lowest BCUT2D eigenvalue weighted by Gasteiger charge is -2.15. The normalized spacial score (nSPS) is 16.2. The predicted molar refractivity (Wildman–Crippen MR) is 103 cm³/mol. The van der Waals surface area contributed by atoms with Crippen LogP contribution in [0.25, 0.3) is 6.08 Å². The highest BCUT2D eigenvalue weighted by Crippen LogP contribution is 2.31. The molecule has 1 heterocycles. The van der Waals surface area contributed by atoms with Crippen molar-refractivity contribution >= 4 is 46.3 Å². The molecule has 1 aliphatic rings. The van der Waals surface area contributed by atoms with Crippen molar-refractivity contribution in [2.24, 2.45) is 0 Å². The number of carbonyl (C=O) groups is 2. The average Bonchev–Trinajstić information content (AvgIpc) is 2.89. The summed E-state index contributed by atoms with van der Waals surface area (Å²) in [5, 5.41) is 3.25. The lowest BCUT2D eigenvalue weighted by atomic mass is 10.2. The lowest BCUT2D eigenvalue weighted by Crippen LogP contribution is -2.33. The average molecular weight is 371 g/mol. The zero-order valence-electron chi connectivity index (χ0n) is 13.2. The summed E-state index contributed by atoms with van der Waals surface area (Å²) in [4.78, 5) is 26.0. The molecule has 4 nitrogen and oxygen atoms in total. The van der Waals surface area contributed by atoms with Crippen LogP contribution < -0.4 is 5.32 Å². The number of nitrogens with one attached hydrogen (secondary N) is 1. The predicted octanol–water partition coefficient (Wildman–Crippen LogP) is 5.00. The van der Waals surface area contributed by atoms with Gasteiger partial charge >= 0.3 is 0 Å². The van der Waals surface area contributed by atoms with E-state index in [1.54, 1.807) is 24.3 Å². The Morgan fingerprint density at radius 2 is 1.76 bits per heavy atom. The molecule has 25 heavy (non-hydrogen) atoms. The fourth-order valence-corrected chi connectivity index (χ4v) is 3.22. The van der Waals surface area contributed by atoms with Crippen molar-refractivity contribution in [1.82, 2.24) is 4.90 Å². The minimum Gasteiger partial charge on any atom is -0.366 e. The van der Waals surface area contributed by atoms with E-state index in [0.29, 0.717) is 15.6 Å². The Bertz CT molecular complexity index is 850. The van der Waals surface area contributed by atoms with Gasteiger partial charge in [-0.25, -0.2) is 0 Å². The fourth-order valence-electron chi connectivity index (χ4n) is 2.23. The minimum atomic E-state index is -0.313. The molecule has 2 amide bonds. The molecule has 1 aliphatic heterocycles. The molecule has 126 valence electrons.